The summed E-state index contributed by atoms with van der Waals surface area (Å²) in [6, 6.07) is 0. The molecule has 0 radical (unpaired) electrons. The summed E-state index contributed by atoms with van der Waals surface area (Å²) in [5.41, 5.74) is 4.94. The van der Waals surface area contributed by atoms with Gasteiger partial charge in [0.05, 0.1) is 18.0 Å². The molecule has 1 saturated heterocycles. The fourth-order valence-corrected chi connectivity index (χ4v) is 5.15. The summed E-state index contributed by atoms with van der Waals surface area (Å²) in [5.74, 6) is -1.65. The minimum Gasteiger partial charge on any atom is -0.350 e. The summed E-state index contributed by atoms with van der Waals surface area (Å²) >= 11 is 6.06. The van der Waals surface area contributed by atoms with Crippen molar-refractivity contribution < 1.29 is 19.2 Å². The number of halogens is 2. The predicted molar refractivity (Wildman–Crippen MR) is 127 cm³/mol. The third-order valence-electron chi connectivity index (χ3n) is 7.32. The Morgan fingerprint density at radius 2 is 2.03 bits per heavy atom. The van der Waals surface area contributed by atoms with E-state index in [1.807, 2.05) is 11.9 Å². The molecule has 1 aliphatic carbocycles. The molecular formula is C22H35ClFN7O3. The molecule has 0 bridgehead atoms. The van der Waals surface area contributed by atoms with Gasteiger partial charge in [-0.2, -0.15) is 14.4 Å². The van der Waals surface area contributed by atoms with Gasteiger partial charge in [-0.1, -0.05) is 39.5 Å². The number of hydroxylamine groups is 2. The smallest absolute Gasteiger partial charge is 0.243 e. The van der Waals surface area contributed by atoms with E-state index in [-0.39, 0.29) is 35.4 Å². The normalized spacial score (nSPS) is 18.5. The molecule has 2 amide bonds. The number of amides is 2. The largest absolute Gasteiger partial charge is 0.350 e. The highest BCUT2D eigenvalue weighted by molar-refractivity contribution is 6.28. The first-order valence-corrected chi connectivity index (χ1v) is 12.3. The van der Waals surface area contributed by atoms with Crippen molar-refractivity contribution in [3.8, 4) is 0 Å². The molecule has 1 aromatic heterocycles. The van der Waals surface area contributed by atoms with Gasteiger partial charge in [0.15, 0.2) is 11.6 Å². The number of hydrazine groups is 1. The number of carbonyl (C=O) groups excluding carboxylic acids is 2. The van der Waals surface area contributed by atoms with Crippen molar-refractivity contribution in [2.75, 3.05) is 43.6 Å². The highest BCUT2D eigenvalue weighted by atomic mass is 35.5. The van der Waals surface area contributed by atoms with Crippen LogP contribution in [0.4, 0.5) is 16.0 Å². The second-order valence-electron chi connectivity index (χ2n) is 9.35. The van der Waals surface area contributed by atoms with Crippen LogP contribution in [0, 0.1) is 17.7 Å². The van der Waals surface area contributed by atoms with Crippen LogP contribution in [0.15, 0.2) is 0 Å². The Morgan fingerprint density at radius 1 is 1.35 bits per heavy atom. The molecule has 2 aliphatic rings. The maximum atomic E-state index is 15.3. The van der Waals surface area contributed by atoms with Gasteiger partial charge in [-0.25, -0.2) is 5.06 Å². The van der Waals surface area contributed by atoms with Crippen LogP contribution in [-0.2, 0) is 9.59 Å². The van der Waals surface area contributed by atoms with Crippen LogP contribution in [0.1, 0.15) is 52.4 Å². The van der Waals surface area contributed by atoms with Gasteiger partial charge in [-0.15, -0.1) is 0 Å². The standard InChI is InChI=1S/C22H35ClFN7O3/c1-4-22(29(3)5-2)12-30(13-22)19-17(24)18(25-21(23)26-19)27-28-20(33)16(11-31(34)14-32)10-15-8-6-7-9-15/h14-16,34H,4-13H2,1-3H3,(H,28,33)(H,25,26,27). The lowest BCUT2D eigenvalue weighted by molar-refractivity contribution is -0.154. The number of hydrogen-bond acceptors (Lipinski definition) is 8. The van der Waals surface area contributed by atoms with Crippen LogP contribution in [0.5, 0.6) is 0 Å². The second-order valence-corrected chi connectivity index (χ2v) is 9.69. The van der Waals surface area contributed by atoms with Crippen molar-refractivity contribution in [1.82, 2.24) is 25.4 Å². The van der Waals surface area contributed by atoms with Crippen LogP contribution in [0.2, 0.25) is 5.28 Å². The van der Waals surface area contributed by atoms with Crippen molar-refractivity contribution in [1.29, 1.82) is 0 Å². The number of carbonyl (C=O) groups is 2. The van der Waals surface area contributed by atoms with E-state index in [2.05, 4.69) is 39.6 Å². The fraction of sp³-hybridized carbons (Fsp3) is 0.727. The van der Waals surface area contributed by atoms with Gasteiger partial charge in [-0.3, -0.25) is 30.5 Å². The molecule has 0 spiro atoms. The molecule has 10 nitrogen and oxygen atoms in total. The molecule has 1 aromatic rings. The molecule has 3 rings (SSSR count). The number of aromatic nitrogens is 2. The molecule has 2 fully saturated rings. The Labute approximate surface area is 204 Å². The minimum atomic E-state index is -0.711. The third-order valence-corrected chi connectivity index (χ3v) is 7.48. The average molecular weight is 500 g/mol. The zero-order chi connectivity index (χ0) is 24.9. The first-order valence-electron chi connectivity index (χ1n) is 11.9. The van der Waals surface area contributed by atoms with Gasteiger partial charge in [0, 0.05) is 13.1 Å². The molecule has 190 valence electrons. The van der Waals surface area contributed by atoms with E-state index in [9.17, 15) is 14.8 Å². The molecule has 1 atom stereocenters. The van der Waals surface area contributed by atoms with E-state index >= 15 is 4.39 Å². The maximum absolute atomic E-state index is 15.3. The van der Waals surface area contributed by atoms with Crippen LogP contribution in [0.3, 0.4) is 0 Å². The van der Waals surface area contributed by atoms with Crippen molar-refractivity contribution in [2.45, 2.75) is 57.9 Å². The average Bonchev–Trinajstić information content (AvgIpc) is 3.31. The van der Waals surface area contributed by atoms with E-state index in [0.29, 0.717) is 30.5 Å². The minimum absolute atomic E-state index is 0.0529. The van der Waals surface area contributed by atoms with Gasteiger partial charge < -0.3 is 4.90 Å². The van der Waals surface area contributed by atoms with Gasteiger partial charge >= 0.3 is 0 Å². The van der Waals surface area contributed by atoms with Crippen LogP contribution < -0.4 is 15.8 Å². The third kappa shape index (κ3) is 5.87. The lowest BCUT2D eigenvalue weighted by Crippen LogP contribution is -2.69. The van der Waals surface area contributed by atoms with E-state index in [1.54, 1.807) is 0 Å². The molecule has 1 unspecified atom stereocenters. The summed E-state index contributed by atoms with van der Waals surface area (Å²) in [7, 11) is 2.05. The van der Waals surface area contributed by atoms with Gasteiger partial charge in [-0.05, 0) is 44.0 Å². The Bertz CT molecular complexity index is 865. The first kappa shape index (κ1) is 26.4. The van der Waals surface area contributed by atoms with E-state index < -0.39 is 17.6 Å². The monoisotopic (exact) mass is 499 g/mol. The topological polar surface area (TPSA) is 114 Å². The Balaban J connectivity index is 1.68. The molecule has 12 heteroatoms. The van der Waals surface area contributed by atoms with Crippen LogP contribution in [0.25, 0.3) is 0 Å². The summed E-state index contributed by atoms with van der Waals surface area (Å²) in [6.07, 6.45) is 5.92. The fourth-order valence-electron chi connectivity index (χ4n) is 4.99. The molecule has 3 N–H and O–H groups in total. The van der Waals surface area contributed by atoms with E-state index in [1.165, 1.54) is 0 Å². The molecular weight excluding hydrogens is 465 g/mol. The lowest BCUT2D eigenvalue weighted by Gasteiger charge is -2.55. The number of anilines is 2. The lowest BCUT2D eigenvalue weighted by atomic mass is 9.85. The van der Waals surface area contributed by atoms with Crippen molar-refractivity contribution >= 4 is 35.6 Å². The number of likely N-dealkylation sites (N-methyl/N-ethyl adjacent to an activating group) is 1. The van der Waals surface area contributed by atoms with Crippen molar-refractivity contribution in [3.05, 3.63) is 11.1 Å². The van der Waals surface area contributed by atoms with Gasteiger partial charge in [0.2, 0.25) is 23.4 Å². The number of hydrogen-bond donors (Lipinski definition) is 3. The first-order chi connectivity index (χ1) is 16.2. The van der Waals surface area contributed by atoms with E-state index in [4.69, 9.17) is 11.6 Å². The highest BCUT2D eigenvalue weighted by Crippen LogP contribution is 2.36. The molecule has 2 heterocycles. The second kappa shape index (κ2) is 11.5. The predicted octanol–water partition coefficient (Wildman–Crippen LogP) is 2.68. The van der Waals surface area contributed by atoms with Crippen LogP contribution >= 0.6 is 11.6 Å². The Kier molecular flexibility index (Phi) is 8.89. The molecule has 1 saturated carbocycles. The summed E-state index contributed by atoms with van der Waals surface area (Å²) in [4.78, 5) is 35.7. The van der Waals surface area contributed by atoms with E-state index in [0.717, 1.165) is 38.6 Å². The zero-order valence-electron chi connectivity index (χ0n) is 20.1. The van der Waals surface area contributed by atoms with Crippen molar-refractivity contribution in [2.24, 2.45) is 11.8 Å². The number of nitrogens with zero attached hydrogens (tertiary/aromatic N) is 5. The maximum Gasteiger partial charge on any atom is 0.243 e. The Hall–Kier alpha value is -2.24. The van der Waals surface area contributed by atoms with Gasteiger partial charge in [0.1, 0.15) is 0 Å². The SMILES string of the molecule is CCN(C)C1(CC)CN(c2nc(Cl)nc(NNC(=O)C(CC3CCCC3)CN(O)C=O)c2F)C1. The van der Waals surface area contributed by atoms with Gasteiger partial charge in [0.25, 0.3) is 0 Å². The zero-order valence-corrected chi connectivity index (χ0v) is 20.8. The highest BCUT2D eigenvalue weighted by Gasteiger charge is 2.46. The molecule has 34 heavy (non-hydrogen) atoms. The van der Waals surface area contributed by atoms with Crippen LogP contribution in [-0.4, -0.2) is 76.2 Å². The Morgan fingerprint density at radius 3 is 2.62 bits per heavy atom. The number of nitrogens with one attached hydrogen (secondary N) is 2. The summed E-state index contributed by atoms with van der Waals surface area (Å²) in [5, 5.41) is 9.94. The summed E-state index contributed by atoms with van der Waals surface area (Å²) in [6.45, 7) is 6.12. The summed E-state index contributed by atoms with van der Waals surface area (Å²) < 4.78 is 15.3. The quantitative estimate of drug-likeness (QED) is 0.174. The number of rotatable bonds is 12. The molecule has 1 aliphatic heterocycles. The molecule has 0 aromatic carbocycles. The van der Waals surface area contributed by atoms with Crippen molar-refractivity contribution in [3.63, 3.8) is 0 Å².